The van der Waals surface area contributed by atoms with Crippen LogP contribution in [0.4, 0.5) is 4.79 Å². The van der Waals surface area contributed by atoms with E-state index in [1.807, 2.05) is 56.0 Å². The van der Waals surface area contributed by atoms with Gasteiger partial charge >= 0.3 is 24.0 Å². The Morgan fingerprint density at radius 2 is 0.848 bits per heavy atom. The summed E-state index contributed by atoms with van der Waals surface area (Å²) in [6.07, 6.45) is 6.27. The number of carboxylic acids is 4. The number of piperazine rings is 3. The Morgan fingerprint density at radius 3 is 1.26 bits per heavy atom. The van der Waals surface area contributed by atoms with Gasteiger partial charge in [-0.2, -0.15) is 0 Å². The first-order chi connectivity index (χ1) is 47.5. The van der Waals surface area contributed by atoms with Gasteiger partial charge in [0.2, 0.25) is 23.6 Å². The molecule has 0 saturated carbocycles. The normalized spacial score (nSPS) is 32.4. The number of piperidine rings is 1. The van der Waals surface area contributed by atoms with Crippen LogP contribution >= 0.6 is 0 Å². The maximum Gasteiger partial charge on any atom is 0.410 e. The van der Waals surface area contributed by atoms with Crippen molar-refractivity contribution in [2.45, 2.75) is 165 Å². The van der Waals surface area contributed by atoms with Gasteiger partial charge in [0.15, 0.2) is 0 Å². The minimum absolute atomic E-state index is 0.0287. The van der Waals surface area contributed by atoms with Crippen LogP contribution in [0.1, 0.15) is 103 Å². The number of nitrogens with zero attached hydrogens (tertiary/aromatic N) is 7. The first-order valence-corrected chi connectivity index (χ1v) is 36.0. The summed E-state index contributed by atoms with van der Waals surface area (Å²) < 4.78 is 33.3. The number of nitrogens with one attached hydrogen (secondary N) is 1. The van der Waals surface area contributed by atoms with Crippen LogP contribution in [0.15, 0.2) is 54.6 Å². The van der Waals surface area contributed by atoms with Gasteiger partial charge in [0.05, 0.1) is 97.4 Å². The third-order valence-corrected chi connectivity index (χ3v) is 22.5. The zero-order chi connectivity index (χ0) is 70.4. The highest BCUT2D eigenvalue weighted by Gasteiger charge is 2.59. The number of likely N-dealkylation sites (tertiary alicyclic amines) is 1. The van der Waals surface area contributed by atoms with Crippen molar-refractivity contribution in [3.8, 4) is 5.75 Å². The second kappa shape index (κ2) is 32.3. The number of benzene rings is 2. The van der Waals surface area contributed by atoms with E-state index in [0.717, 1.165) is 129 Å². The van der Waals surface area contributed by atoms with E-state index in [0.29, 0.717) is 58.8 Å². The number of fused-ring (bicyclic) bond motifs is 8. The summed E-state index contributed by atoms with van der Waals surface area (Å²) in [6, 6.07) is 18.6. The standard InChI is InChI=1S/C22H30N2O5.C19H24N2O4.C17H26N2O6.C14H22N2O4/c1-28-16-4-2-14(3-5-16)8-11-24-12-9-15(10-13-24)23-21(25)19-17-6-7-18(29-17)20(19)22(26)27;22-18(16-14-6-7-15(25-14)17(16)19(23)24)21-10-8-20(9-11-21)12-13-4-2-1-3-5-13;1-17(2,3)25-16(23)19-8-6-18(7-9-19)14(20)12-10-4-5-11(24-10)13(12)15(21)22;1-2-15-5-7-16(8-6-15)13(17)11-9-3-4-10(20-9)12(11)14(18)19/h2-5,15,17-20H,6-13H2,1H3,(H,23,25)(H,26,27);1-5,14-17H,6-12H2,(H,23,24);10-13H,4-9H2,1-3H3,(H,21,22);9-12H,2-8H2,1H3,(H,18,19)/p-1/t17-,18+,19?,20?;14-,15+,16?,17?;10-,11+,12?,13?;9-,10+,11?,12?/m0000/s1. The molecule has 99 heavy (non-hydrogen) atoms. The van der Waals surface area contributed by atoms with E-state index in [1.54, 1.807) is 21.8 Å². The van der Waals surface area contributed by atoms with E-state index in [1.165, 1.54) is 11.1 Å². The van der Waals surface area contributed by atoms with Gasteiger partial charge in [0.25, 0.3) is 0 Å². The average molecular weight is 1380 g/mol. The van der Waals surface area contributed by atoms with Gasteiger partial charge in [0.1, 0.15) is 11.4 Å². The molecule has 27 nitrogen and oxygen atoms in total. The highest BCUT2D eigenvalue weighted by atomic mass is 16.6. The Bertz CT molecular complexity index is 3160. The highest BCUT2D eigenvalue weighted by molar-refractivity contribution is 5.89. The molecule has 0 aromatic heterocycles. The fraction of sp³-hybridized carbons (Fsp3) is 0.708. The number of carboxylic acid groups (broad SMARTS) is 4. The first-order valence-electron chi connectivity index (χ1n) is 36.0. The fourth-order valence-corrected chi connectivity index (χ4v) is 17.2. The minimum Gasteiger partial charge on any atom is -0.550 e. The zero-order valence-electron chi connectivity index (χ0n) is 57.8. The van der Waals surface area contributed by atoms with Crippen molar-refractivity contribution >= 4 is 53.6 Å². The Labute approximate surface area is 579 Å². The van der Waals surface area contributed by atoms with Crippen LogP contribution in [-0.4, -0.2) is 276 Å². The monoisotopic (exact) mass is 1380 g/mol. The van der Waals surface area contributed by atoms with Crippen LogP contribution < -0.4 is 15.2 Å². The second-order valence-corrected chi connectivity index (χ2v) is 29.6. The predicted octanol–water partition coefficient (Wildman–Crippen LogP) is 2.54. The molecule has 16 atom stereocenters. The fourth-order valence-electron chi connectivity index (χ4n) is 17.2. The van der Waals surface area contributed by atoms with Crippen LogP contribution in [0.5, 0.6) is 5.75 Å². The lowest BCUT2D eigenvalue weighted by Crippen LogP contribution is -2.55. The van der Waals surface area contributed by atoms with Gasteiger partial charge < -0.3 is 88.4 Å². The van der Waals surface area contributed by atoms with E-state index in [4.69, 9.17) is 28.4 Å². The van der Waals surface area contributed by atoms with Gasteiger partial charge in [-0.05, 0) is 121 Å². The number of methoxy groups -OCH3 is 1. The molecule has 4 N–H and O–H groups in total. The molecule has 8 unspecified atom stereocenters. The lowest BCUT2D eigenvalue weighted by atomic mass is 9.78. The van der Waals surface area contributed by atoms with E-state index in [9.17, 15) is 63.6 Å². The van der Waals surface area contributed by atoms with Crippen molar-refractivity contribution in [1.29, 1.82) is 0 Å². The molecule has 544 valence electrons. The summed E-state index contributed by atoms with van der Waals surface area (Å²) in [5.74, 6) is -8.48. The van der Waals surface area contributed by atoms with Crippen LogP contribution in [0.2, 0.25) is 0 Å². The average Bonchev–Trinajstić information content (AvgIpc) is 1.65. The van der Waals surface area contributed by atoms with Gasteiger partial charge in [0, 0.05) is 123 Å². The molecule has 12 saturated heterocycles. The van der Waals surface area contributed by atoms with E-state index in [2.05, 4.69) is 51.2 Å². The topological polar surface area (TPSA) is 327 Å². The number of hydrogen-bond donors (Lipinski definition) is 4. The molecule has 12 aliphatic rings. The summed E-state index contributed by atoms with van der Waals surface area (Å²) in [5.41, 5.74) is 2.01. The van der Waals surface area contributed by atoms with E-state index < -0.39 is 76.8 Å². The molecule has 0 radical (unpaired) electrons. The Balaban J connectivity index is 0.000000134. The third-order valence-electron chi connectivity index (χ3n) is 22.5. The molecular formula is C72H101N8O19-. The second-order valence-electron chi connectivity index (χ2n) is 29.6. The minimum atomic E-state index is -1.14. The van der Waals surface area contributed by atoms with E-state index >= 15 is 0 Å². The van der Waals surface area contributed by atoms with Crippen LogP contribution in [-0.2, 0) is 75.0 Å². The smallest absolute Gasteiger partial charge is 0.410 e. The predicted molar refractivity (Wildman–Crippen MR) is 353 cm³/mol. The summed E-state index contributed by atoms with van der Waals surface area (Å²) in [4.78, 5) is 123. The van der Waals surface area contributed by atoms with Gasteiger partial charge in [-0.1, -0.05) is 49.4 Å². The number of hydrogen-bond acceptors (Lipinski definition) is 19. The molecule has 12 heterocycles. The molecular weight excluding hydrogens is 1280 g/mol. The van der Waals surface area contributed by atoms with Crippen LogP contribution in [0, 0.1) is 47.3 Å². The Hall–Kier alpha value is -7.01. The lowest BCUT2D eigenvalue weighted by Gasteiger charge is -2.38. The number of likely N-dealkylation sites (N-methyl/N-ethyl adjacent to an activating group) is 1. The van der Waals surface area contributed by atoms with Crippen molar-refractivity contribution in [3.05, 3.63) is 65.7 Å². The van der Waals surface area contributed by atoms with Gasteiger partial charge in [-0.3, -0.25) is 38.5 Å². The largest absolute Gasteiger partial charge is 0.550 e. The van der Waals surface area contributed by atoms with Crippen molar-refractivity contribution in [2.24, 2.45) is 47.3 Å². The van der Waals surface area contributed by atoms with Gasteiger partial charge in [-0.15, -0.1) is 0 Å². The summed E-state index contributed by atoms with van der Waals surface area (Å²) in [5, 5.41) is 42.9. The summed E-state index contributed by atoms with van der Waals surface area (Å²) in [7, 11) is 1.67. The molecule has 14 rings (SSSR count). The molecule has 2 aromatic carbocycles. The van der Waals surface area contributed by atoms with E-state index in [-0.39, 0.29) is 84.6 Å². The van der Waals surface area contributed by atoms with Crippen molar-refractivity contribution < 1.29 is 92.0 Å². The number of aliphatic carboxylic acids is 4. The first kappa shape index (κ1) is 73.2. The zero-order valence-corrected chi connectivity index (χ0v) is 57.8. The number of ether oxygens (including phenoxy) is 6. The summed E-state index contributed by atoms with van der Waals surface area (Å²) in [6.45, 7) is 19.9. The number of rotatable bonds is 16. The third kappa shape index (κ3) is 17.1. The molecule has 0 aliphatic carbocycles. The van der Waals surface area contributed by atoms with Crippen LogP contribution in [0.3, 0.4) is 0 Å². The molecule has 5 amide bonds. The maximum atomic E-state index is 12.9. The summed E-state index contributed by atoms with van der Waals surface area (Å²) >= 11 is 0. The SMILES string of the molecule is CC(C)(C)OC(=O)N1CCN(C(=O)C2C(C(=O)O)[C@H]3CC[C@@H]2O3)CC1.CCN1CCN(C(=O)C2C(C(=O)[O-])[C@H]3CC[C@@H]2O3)CC1.COc1ccc(CCN2CCC(NC(=O)C3C(C(=O)O)[C@H]4CC[C@@H]3O4)CC2)cc1.O=C(O)C1C(C(=O)N2CCN(Cc3ccccc3)CC2)[C@@H]2CC[C@H]1O2. The van der Waals surface area contributed by atoms with Crippen LogP contribution in [0.25, 0.3) is 0 Å². The molecule has 12 aliphatic heterocycles. The molecule has 0 spiro atoms. The maximum absolute atomic E-state index is 12.9. The van der Waals surface area contributed by atoms with Gasteiger partial charge in [-0.25, -0.2) is 4.79 Å². The van der Waals surface area contributed by atoms with Crippen molar-refractivity contribution in [2.75, 3.05) is 112 Å². The molecule has 12 fully saturated rings. The Morgan fingerprint density at radius 1 is 0.465 bits per heavy atom. The number of carbonyl (C=O) groups excluding carboxylic acids is 6. The quantitative estimate of drug-likeness (QED) is 0.188. The van der Waals surface area contributed by atoms with Crippen molar-refractivity contribution in [3.63, 3.8) is 0 Å². The molecule has 27 heteroatoms. The highest BCUT2D eigenvalue weighted by Crippen LogP contribution is 2.48. The van der Waals surface area contributed by atoms with Crippen molar-refractivity contribution in [1.82, 2.24) is 39.6 Å². The number of amides is 5. The lowest BCUT2D eigenvalue weighted by molar-refractivity contribution is -0.314. The Kier molecular flexibility index (Phi) is 23.9. The molecule has 8 bridgehead atoms. The molecule has 2 aromatic rings. The number of carbonyl (C=O) groups is 9.